The molecule has 2 heteroatoms. The first-order valence-electron chi connectivity index (χ1n) is 7.76. The summed E-state index contributed by atoms with van der Waals surface area (Å²) in [4.78, 5) is 0. The van der Waals surface area contributed by atoms with Gasteiger partial charge in [0.2, 0.25) is 0 Å². The summed E-state index contributed by atoms with van der Waals surface area (Å²) >= 11 is 0. The summed E-state index contributed by atoms with van der Waals surface area (Å²) in [5, 5.41) is 18.7. The van der Waals surface area contributed by atoms with Gasteiger partial charge in [0.15, 0.2) is 0 Å². The number of rotatable bonds is 7. The van der Waals surface area contributed by atoms with E-state index in [0.29, 0.717) is 17.4 Å². The summed E-state index contributed by atoms with van der Waals surface area (Å²) in [6.45, 7) is 2.22. The predicted octanol–water partition coefficient (Wildman–Crippen LogP) is 5.00. The molecule has 0 saturated heterocycles. The molecular formula is C19H24O2. The zero-order valence-electron chi connectivity index (χ0n) is 12.6. The van der Waals surface area contributed by atoms with Crippen molar-refractivity contribution in [1.29, 1.82) is 0 Å². The van der Waals surface area contributed by atoms with Crippen LogP contribution in [0.4, 0.5) is 0 Å². The Balaban J connectivity index is 1.90. The molecule has 0 aliphatic heterocycles. The van der Waals surface area contributed by atoms with Crippen molar-refractivity contribution in [2.45, 2.75) is 44.9 Å². The maximum absolute atomic E-state index is 9.40. The normalized spacial score (nSPS) is 12.2. The number of hydrogen-bond acceptors (Lipinski definition) is 2. The molecule has 0 spiro atoms. The predicted molar refractivity (Wildman–Crippen MR) is 86.8 cm³/mol. The minimum Gasteiger partial charge on any atom is -0.508 e. The van der Waals surface area contributed by atoms with Crippen molar-refractivity contribution in [2.24, 2.45) is 0 Å². The van der Waals surface area contributed by atoms with Gasteiger partial charge >= 0.3 is 0 Å². The zero-order chi connectivity index (χ0) is 15.1. The van der Waals surface area contributed by atoms with Crippen LogP contribution in [0.25, 0.3) is 0 Å². The molecule has 2 nitrogen and oxygen atoms in total. The molecule has 2 aromatic carbocycles. The Hall–Kier alpha value is -1.96. The van der Waals surface area contributed by atoms with Gasteiger partial charge in [-0.05, 0) is 67.0 Å². The van der Waals surface area contributed by atoms with E-state index in [4.69, 9.17) is 0 Å². The van der Waals surface area contributed by atoms with Crippen molar-refractivity contribution in [2.75, 3.05) is 0 Å². The third-order valence-electron chi connectivity index (χ3n) is 3.96. The molecule has 0 radical (unpaired) electrons. The minimum absolute atomic E-state index is 0.326. The van der Waals surface area contributed by atoms with Gasteiger partial charge in [0.25, 0.3) is 0 Å². The summed E-state index contributed by atoms with van der Waals surface area (Å²) in [5.74, 6) is 1.22. The molecule has 2 rings (SSSR count). The molecule has 0 saturated carbocycles. The van der Waals surface area contributed by atoms with Crippen LogP contribution in [0, 0.1) is 0 Å². The van der Waals surface area contributed by atoms with Crippen molar-refractivity contribution in [3.63, 3.8) is 0 Å². The third kappa shape index (κ3) is 4.82. The van der Waals surface area contributed by atoms with Gasteiger partial charge in [-0.1, -0.05) is 37.6 Å². The van der Waals surface area contributed by atoms with E-state index in [1.54, 1.807) is 24.3 Å². The summed E-state index contributed by atoms with van der Waals surface area (Å²) in [6.07, 6.45) is 5.68. The minimum atomic E-state index is 0.326. The van der Waals surface area contributed by atoms with E-state index in [1.165, 1.54) is 24.0 Å². The molecule has 0 aromatic heterocycles. The van der Waals surface area contributed by atoms with Gasteiger partial charge in [-0.15, -0.1) is 0 Å². The summed E-state index contributed by atoms with van der Waals surface area (Å²) in [6, 6.07) is 15.1. The Bertz CT molecular complexity index is 528. The molecule has 2 N–H and O–H groups in total. The highest BCUT2D eigenvalue weighted by atomic mass is 16.3. The molecule has 2 aromatic rings. The summed E-state index contributed by atoms with van der Waals surface area (Å²) in [7, 11) is 0. The average Bonchev–Trinajstić information content (AvgIpc) is 2.49. The van der Waals surface area contributed by atoms with E-state index < -0.39 is 0 Å². The Labute approximate surface area is 127 Å². The lowest BCUT2D eigenvalue weighted by Crippen LogP contribution is -2.00. The fourth-order valence-electron chi connectivity index (χ4n) is 2.79. The van der Waals surface area contributed by atoms with E-state index in [9.17, 15) is 10.2 Å². The van der Waals surface area contributed by atoms with Gasteiger partial charge in [0, 0.05) is 0 Å². The molecule has 0 bridgehead atoms. The van der Waals surface area contributed by atoms with Crippen LogP contribution < -0.4 is 0 Å². The number of phenols is 2. The van der Waals surface area contributed by atoms with Crippen LogP contribution in [0.15, 0.2) is 48.5 Å². The standard InChI is InChI=1S/C19H24O2/c1-2-4-16(17-9-13-19(21)14-10-17)6-3-5-15-7-11-18(20)12-8-15/h7-14,16,20-21H,2-6H2,1H3. The maximum atomic E-state index is 9.40. The van der Waals surface area contributed by atoms with Crippen molar-refractivity contribution >= 4 is 0 Å². The molecule has 0 aliphatic carbocycles. The number of hydrogen-bond donors (Lipinski definition) is 2. The van der Waals surface area contributed by atoms with Crippen molar-refractivity contribution < 1.29 is 10.2 Å². The lowest BCUT2D eigenvalue weighted by Gasteiger charge is -2.16. The topological polar surface area (TPSA) is 40.5 Å². The molecule has 112 valence electrons. The molecule has 0 aliphatic rings. The molecule has 0 amide bonds. The van der Waals surface area contributed by atoms with E-state index in [-0.39, 0.29) is 0 Å². The maximum Gasteiger partial charge on any atom is 0.115 e. The van der Waals surface area contributed by atoms with Crippen LogP contribution in [0.3, 0.4) is 0 Å². The largest absolute Gasteiger partial charge is 0.508 e. The third-order valence-corrected chi connectivity index (χ3v) is 3.96. The fraction of sp³-hybridized carbons (Fsp3) is 0.368. The van der Waals surface area contributed by atoms with Crippen LogP contribution in [0.1, 0.15) is 49.7 Å². The molecule has 0 heterocycles. The second kappa shape index (κ2) is 7.72. The van der Waals surface area contributed by atoms with Crippen LogP contribution >= 0.6 is 0 Å². The lowest BCUT2D eigenvalue weighted by atomic mass is 9.89. The summed E-state index contributed by atoms with van der Waals surface area (Å²) < 4.78 is 0. The van der Waals surface area contributed by atoms with E-state index >= 15 is 0 Å². The monoisotopic (exact) mass is 284 g/mol. The van der Waals surface area contributed by atoms with Crippen LogP contribution in [0.2, 0.25) is 0 Å². The zero-order valence-corrected chi connectivity index (χ0v) is 12.6. The summed E-state index contributed by atoms with van der Waals surface area (Å²) in [5.41, 5.74) is 2.59. The Morgan fingerprint density at radius 3 is 1.95 bits per heavy atom. The van der Waals surface area contributed by atoms with Crippen LogP contribution in [0.5, 0.6) is 11.5 Å². The molecular weight excluding hydrogens is 260 g/mol. The number of phenolic OH excluding ortho intramolecular Hbond substituents is 2. The first kappa shape index (κ1) is 15.4. The van der Waals surface area contributed by atoms with Gasteiger partial charge in [0.05, 0.1) is 0 Å². The first-order chi connectivity index (χ1) is 10.2. The highest BCUT2D eigenvalue weighted by molar-refractivity contribution is 5.28. The highest BCUT2D eigenvalue weighted by Crippen LogP contribution is 2.28. The van der Waals surface area contributed by atoms with E-state index in [2.05, 4.69) is 6.92 Å². The second-order valence-corrected chi connectivity index (χ2v) is 5.64. The fourth-order valence-corrected chi connectivity index (χ4v) is 2.79. The van der Waals surface area contributed by atoms with Gasteiger partial charge in [-0.3, -0.25) is 0 Å². The number of benzene rings is 2. The Kier molecular flexibility index (Phi) is 5.68. The van der Waals surface area contributed by atoms with Crippen molar-refractivity contribution in [1.82, 2.24) is 0 Å². The van der Waals surface area contributed by atoms with Crippen molar-refractivity contribution in [3.8, 4) is 11.5 Å². The smallest absolute Gasteiger partial charge is 0.115 e. The number of aromatic hydroxyl groups is 2. The van der Waals surface area contributed by atoms with Gasteiger partial charge < -0.3 is 10.2 Å². The van der Waals surface area contributed by atoms with E-state index in [1.807, 2.05) is 24.3 Å². The first-order valence-corrected chi connectivity index (χ1v) is 7.76. The Morgan fingerprint density at radius 1 is 0.810 bits per heavy atom. The number of aryl methyl sites for hydroxylation is 1. The molecule has 0 fully saturated rings. The van der Waals surface area contributed by atoms with Crippen LogP contribution in [-0.4, -0.2) is 10.2 Å². The molecule has 21 heavy (non-hydrogen) atoms. The SMILES string of the molecule is CCCC(CCCc1ccc(O)cc1)c1ccc(O)cc1. The van der Waals surface area contributed by atoms with Gasteiger partial charge in [0.1, 0.15) is 11.5 Å². The highest BCUT2D eigenvalue weighted by Gasteiger charge is 2.10. The van der Waals surface area contributed by atoms with E-state index in [0.717, 1.165) is 19.3 Å². The van der Waals surface area contributed by atoms with Crippen molar-refractivity contribution in [3.05, 3.63) is 59.7 Å². The van der Waals surface area contributed by atoms with Gasteiger partial charge in [-0.2, -0.15) is 0 Å². The second-order valence-electron chi connectivity index (χ2n) is 5.64. The quantitative estimate of drug-likeness (QED) is 0.750. The Morgan fingerprint density at radius 2 is 1.38 bits per heavy atom. The lowest BCUT2D eigenvalue weighted by molar-refractivity contribution is 0.473. The average molecular weight is 284 g/mol. The molecule has 1 atom stereocenters. The van der Waals surface area contributed by atoms with Gasteiger partial charge in [-0.25, -0.2) is 0 Å². The molecule has 1 unspecified atom stereocenters. The van der Waals surface area contributed by atoms with Crippen LogP contribution in [-0.2, 0) is 6.42 Å².